The van der Waals surface area contributed by atoms with Gasteiger partial charge in [0.15, 0.2) is 0 Å². The minimum Gasteiger partial charge on any atom is -0.347 e. The molecule has 1 aliphatic carbocycles. The van der Waals surface area contributed by atoms with E-state index in [4.69, 9.17) is 11.6 Å². The third-order valence-electron chi connectivity index (χ3n) is 3.51. The minimum atomic E-state index is -0.132. The first kappa shape index (κ1) is 12.4. The van der Waals surface area contributed by atoms with Crippen molar-refractivity contribution in [3.05, 3.63) is 29.0 Å². The number of aromatic nitrogens is 1. The Morgan fingerprint density at radius 2 is 2.29 bits per heavy atom. The van der Waals surface area contributed by atoms with Gasteiger partial charge in [0.2, 0.25) is 0 Å². The highest BCUT2D eigenvalue weighted by molar-refractivity contribution is 6.29. The van der Waals surface area contributed by atoms with Crippen LogP contribution in [-0.4, -0.2) is 16.9 Å². The number of carbonyl (C=O) groups excluding carboxylic acids is 1. The normalized spacial score (nSPS) is 22.4. The first-order valence-electron chi connectivity index (χ1n) is 5.92. The van der Waals surface area contributed by atoms with Crippen LogP contribution < -0.4 is 5.32 Å². The monoisotopic (exact) mass is 252 g/mol. The average molecular weight is 253 g/mol. The zero-order valence-electron chi connectivity index (χ0n) is 10.2. The molecule has 0 radical (unpaired) electrons. The Morgan fingerprint density at radius 1 is 1.53 bits per heavy atom. The molecule has 1 saturated carbocycles. The summed E-state index contributed by atoms with van der Waals surface area (Å²) < 4.78 is 0. The predicted octanol–water partition coefficient (Wildman–Crippen LogP) is 3.04. The summed E-state index contributed by atoms with van der Waals surface area (Å²) in [6, 6.07) is 5.32. The number of halogens is 1. The number of rotatable bonds is 2. The molecular weight excluding hydrogens is 236 g/mol. The molecule has 1 unspecified atom stereocenters. The van der Waals surface area contributed by atoms with E-state index < -0.39 is 0 Å². The van der Waals surface area contributed by atoms with Crippen LogP contribution in [0, 0.1) is 5.41 Å². The summed E-state index contributed by atoms with van der Waals surface area (Å²) in [6.45, 7) is 4.38. The number of pyridine rings is 1. The zero-order chi connectivity index (χ0) is 12.5. The fraction of sp³-hybridized carbons (Fsp3) is 0.538. The van der Waals surface area contributed by atoms with Crippen molar-refractivity contribution in [2.45, 2.75) is 39.2 Å². The Kier molecular flexibility index (Phi) is 3.38. The standard InChI is InChI=1S/C13H17ClN2O/c1-13(2)8-4-6-10(13)16-12(17)9-5-3-7-11(14)15-9/h3,5,7,10H,4,6,8H2,1-2H3,(H,16,17). The Bertz CT molecular complexity index is 431. The van der Waals surface area contributed by atoms with Crippen molar-refractivity contribution in [3.63, 3.8) is 0 Å². The summed E-state index contributed by atoms with van der Waals surface area (Å²) in [4.78, 5) is 16.0. The lowest BCUT2D eigenvalue weighted by atomic mass is 9.87. The van der Waals surface area contributed by atoms with Gasteiger partial charge in [-0.2, -0.15) is 0 Å². The lowest BCUT2D eigenvalue weighted by Crippen LogP contribution is -2.41. The second kappa shape index (κ2) is 4.65. The SMILES string of the molecule is CC1(C)CCCC1NC(=O)c1cccc(Cl)n1. The van der Waals surface area contributed by atoms with Crippen LogP contribution >= 0.6 is 11.6 Å². The molecule has 0 spiro atoms. The van der Waals surface area contributed by atoms with Crippen LogP contribution in [0.1, 0.15) is 43.6 Å². The highest BCUT2D eigenvalue weighted by atomic mass is 35.5. The fourth-order valence-electron chi connectivity index (χ4n) is 2.36. The number of amides is 1. The van der Waals surface area contributed by atoms with Gasteiger partial charge in [-0.25, -0.2) is 4.98 Å². The third-order valence-corrected chi connectivity index (χ3v) is 3.72. The maximum absolute atomic E-state index is 12.0. The summed E-state index contributed by atoms with van der Waals surface area (Å²) in [6.07, 6.45) is 3.36. The van der Waals surface area contributed by atoms with Crippen LogP contribution in [0.4, 0.5) is 0 Å². The third kappa shape index (κ3) is 2.78. The van der Waals surface area contributed by atoms with E-state index in [-0.39, 0.29) is 17.4 Å². The Hall–Kier alpha value is -1.09. The molecule has 1 aromatic rings. The van der Waals surface area contributed by atoms with E-state index in [2.05, 4.69) is 24.1 Å². The second-order valence-corrected chi connectivity index (χ2v) is 5.64. The molecule has 1 amide bonds. The smallest absolute Gasteiger partial charge is 0.270 e. The van der Waals surface area contributed by atoms with Crippen LogP contribution in [-0.2, 0) is 0 Å². The van der Waals surface area contributed by atoms with E-state index in [0.717, 1.165) is 12.8 Å². The Balaban J connectivity index is 2.07. The molecule has 1 heterocycles. The lowest BCUT2D eigenvalue weighted by Gasteiger charge is -2.27. The van der Waals surface area contributed by atoms with Crippen LogP contribution in [0.25, 0.3) is 0 Å². The van der Waals surface area contributed by atoms with Gasteiger partial charge in [0, 0.05) is 6.04 Å². The van der Waals surface area contributed by atoms with Gasteiger partial charge < -0.3 is 5.32 Å². The molecule has 0 saturated heterocycles. The molecular formula is C13H17ClN2O. The van der Waals surface area contributed by atoms with Gasteiger partial charge in [-0.15, -0.1) is 0 Å². The maximum atomic E-state index is 12.0. The summed E-state index contributed by atoms with van der Waals surface area (Å²) in [5, 5.41) is 3.40. The van der Waals surface area contributed by atoms with E-state index in [9.17, 15) is 4.79 Å². The van der Waals surface area contributed by atoms with E-state index in [1.54, 1.807) is 18.2 Å². The second-order valence-electron chi connectivity index (χ2n) is 5.25. The van der Waals surface area contributed by atoms with Crippen molar-refractivity contribution in [2.75, 3.05) is 0 Å². The van der Waals surface area contributed by atoms with Gasteiger partial charge in [0.1, 0.15) is 10.8 Å². The first-order valence-corrected chi connectivity index (χ1v) is 6.30. The molecule has 3 nitrogen and oxygen atoms in total. The van der Waals surface area contributed by atoms with Gasteiger partial charge in [-0.05, 0) is 30.4 Å². The van der Waals surface area contributed by atoms with Crippen LogP contribution in [0.3, 0.4) is 0 Å². The minimum absolute atomic E-state index is 0.132. The van der Waals surface area contributed by atoms with Gasteiger partial charge in [-0.3, -0.25) is 4.79 Å². The average Bonchev–Trinajstić information content (AvgIpc) is 2.58. The van der Waals surface area contributed by atoms with Crippen LogP contribution in [0.2, 0.25) is 5.15 Å². The molecule has 1 fully saturated rings. The molecule has 17 heavy (non-hydrogen) atoms. The number of carbonyl (C=O) groups is 1. The zero-order valence-corrected chi connectivity index (χ0v) is 10.9. The Morgan fingerprint density at radius 3 is 2.88 bits per heavy atom. The largest absolute Gasteiger partial charge is 0.347 e. The van der Waals surface area contributed by atoms with Crippen LogP contribution in [0.15, 0.2) is 18.2 Å². The molecule has 4 heteroatoms. The topological polar surface area (TPSA) is 42.0 Å². The van der Waals surface area contributed by atoms with Crippen molar-refractivity contribution in [3.8, 4) is 0 Å². The van der Waals surface area contributed by atoms with Gasteiger partial charge >= 0.3 is 0 Å². The van der Waals surface area contributed by atoms with E-state index >= 15 is 0 Å². The van der Waals surface area contributed by atoms with E-state index in [0.29, 0.717) is 10.8 Å². The van der Waals surface area contributed by atoms with Crippen molar-refractivity contribution in [1.29, 1.82) is 0 Å². The Labute approximate surface area is 107 Å². The molecule has 1 aliphatic rings. The number of hydrogen-bond acceptors (Lipinski definition) is 2. The molecule has 0 aromatic carbocycles. The summed E-state index contributed by atoms with van der Waals surface area (Å²) >= 11 is 5.77. The van der Waals surface area contributed by atoms with Crippen molar-refractivity contribution in [1.82, 2.24) is 10.3 Å². The van der Waals surface area contributed by atoms with Crippen molar-refractivity contribution >= 4 is 17.5 Å². The molecule has 92 valence electrons. The highest BCUT2D eigenvalue weighted by Crippen LogP contribution is 2.37. The van der Waals surface area contributed by atoms with E-state index in [1.807, 2.05) is 0 Å². The van der Waals surface area contributed by atoms with Crippen molar-refractivity contribution < 1.29 is 4.79 Å². The first-order chi connectivity index (χ1) is 7.99. The van der Waals surface area contributed by atoms with Gasteiger partial charge in [-0.1, -0.05) is 37.9 Å². The lowest BCUT2D eigenvalue weighted by molar-refractivity contribution is 0.0905. The van der Waals surface area contributed by atoms with Crippen LogP contribution in [0.5, 0.6) is 0 Å². The van der Waals surface area contributed by atoms with Crippen molar-refractivity contribution in [2.24, 2.45) is 5.41 Å². The maximum Gasteiger partial charge on any atom is 0.270 e. The quantitative estimate of drug-likeness (QED) is 0.822. The van der Waals surface area contributed by atoms with Gasteiger partial charge in [0.05, 0.1) is 0 Å². The molecule has 1 N–H and O–H groups in total. The number of nitrogens with zero attached hydrogens (tertiary/aromatic N) is 1. The number of nitrogens with one attached hydrogen (secondary N) is 1. The van der Waals surface area contributed by atoms with E-state index in [1.165, 1.54) is 6.42 Å². The molecule has 1 aromatic heterocycles. The summed E-state index contributed by atoms with van der Waals surface area (Å²) in [5.41, 5.74) is 0.564. The fourth-order valence-corrected chi connectivity index (χ4v) is 2.53. The molecule has 0 bridgehead atoms. The number of hydrogen-bond donors (Lipinski definition) is 1. The molecule has 2 rings (SSSR count). The highest BCUT2D eigenvalue weighted by Gasteiger charge is 2.35. The summed E-state index contributed by atoms with van der Waals surface area (Å²) in [7, 11) is 0. The molecule has 0 aliphatic heterocycles. The predicted molar refractivity (Wildman–Crippen MR) is 68.1 cm³/mol. The van der Waals surface area contributed by atoms with Gasteiger partial charge in [0.25, 0.3) is 5.91 Å². The molecule has 1 atom stereocenters. The summed E-state index contributed by atoms with van der Waals surface area (Å²) in [5.74, 6) is -0.132.